The highest BCUT2D eigenvalue weighted by molar-refractivity contribution is 7.99. The second-order valence-electron chi connectivity index (χ2n) is 20.9. The van der Waals surface area contributed by atoms with Crippen molar-refractivity contribution in [3.8, 4) is 68.6 Å². The van der Waals surface area contributed by atoms with Gasteiger partial charge in [-0.1, -0.05) is 77.0 Å². The first kappa shape index (κ1) is 68.4. The maximum absolute atomic E-state index is 14.5. The first-order valence-corrected chi connectivity index (χ1v) is 37.6. The van der Waals surface area contributed by atoms with Crippen LogP contribution in [-0.4, -0.2) is 55.2 Å². The van der Waals surface area contributed by atoms with E-state index in [1.807, 2.05) is 122 Å². The van der Waals surface area contributed by atoms with Crippen molar-refractivity contribution >= 4 is 83.3 Å². The molecule has 1 heterocycles. The number of benzene rings is 11. The molecule has 1 aliphatic heterocycles. The van der Waals surface area contributed by atoms with Gasteiger partial charge in [0.1, 0.15) is 62.4 Å². The van der Waals surface area contributed by atoms with Crippen LogP contribution in [0.4, 0.5) is 0 Å². The highest BCUT2D eigenvalue weighted by Gasteiger charge is 2.40. The molecule has 0 fully saturated rings. The number of thioether (sulfide) groups is 1. The smallest absolute Gasteiger partial charge is 0.311 e. The largest absolute Gasteiger partial charge is 0.496 e. The molecule has 0 saturated heterocycles. The van der Waals surface area contributed by atoms with Crippen LogP contribution in [0.2, 0.25) is 0 Å². The molecule has 0 aromatic heterocycles. The number of fused-ring (bicyclic) bond motifs is 3. The first-order valence-electron chi connectivity index (χ1n) is 28.8. The SMILES string of the molecule is COc1ccc(OCOc2ccc(SC)cc2)cc1P1(=O)Oc2ccccc2-c2ccccc21.Cc1ccc(Oc2ccc(S(=O)(=O)c3ccc(Oc4ccc(Sc5ccc(Oc6ccc(S(=O)(=O)c7ccc(C)c(SOOO)c7)cc6S(=O)(=O)O)cc5)cc4)cc3)cc2)cc1. The third-order valence-electron chi connectivity index (χ3n) is 14.6. The standard InChI is InChI=1S/C44H34O13S5.C27H23O5PS/c1-29-3-6-31(7-4-29)53-33-12-21-38(22-13-33)60(46,47)39-23-14-34(15-24-39)54-32-8-16-36(17-9-32)58-37-18-10-35(11-19-37)55-42-26-25-41(28-44(42)62(50,51)52)61(48,49)40-20-5-30(2)43(27-40)59-57-56-45;1-29-25-16-13-20(31-18-30-19-11-14-21(34-2)15-12-19)17-27(25)33(28)26-10-6-4-8-23(26)22-7-3-5-9-24(22)32-33/h3-28,45H,1-2H3,(H,50,51,52);3-17H,18H2,1-2H3. The number of aryl methyl sites for hydroxylation is 2. The molecule has 1 atom stereocenters. The normalized spacial score (nSPS) is 13.4. The van der Waals surface area contributed by atoms with E-state index in [1.54, 1.807) is 105 Å². The van der Waals surface area contributed by atoms with E-state index in [1.165, 1.54) is 54.2 Å². The minimum Gasteiger partial charge on any atom is -0.496 e. The summed E-state index contributed by atoms with van der Waals surface area (Å²) in [5.41, 5.74) is 3.52. The van der Waals surface area contributed by atoms with E-state index < -0.39 is 47.0 Å². The molecule has 18 nitrogen and oxygen atoms in total. The Morgan fingerprint density at radius 3 is 1.52 bits per heavy atom. The number of ether oxygens (including phenoxy) is 6. The minimum atomic E-state index is -4.95. The van der Waals surface area contributed by atoms with Gasteiger partial charge in [-0.3, -0.25) is 9.12 Å². The fraction of sp³-hybridized carbons (Fsp3) is 0.0704. The summed E-state index contributed by atoms with van der Waals surface area (Å²) in [6.45, 7) is 3.66. The Morgan fingerprint density at radius 1 is 0.469 bits per heavy atom. The topological polar surface area (TPSA) is 243 Å². The van der Waals surface area contributed by atoms with Crippen molar-refractivity contribution in [2.24, 2.45) is 0 Å². The quantitative estimate of drug-likeness (QED) is 0.0115. The van der Waals surface area contributed by atoms with Crippen molar-refractivity contribution < 1.29 is 81.9 Å². The molecule has 11 aromatic rings. The molecular weight excluding hydrogens is 1360 g/mol. The molecule has 0 spiro atoms. The lowest BCUT2D eigenvalue weighted by Gasteiger charge is -2.29. The van der Waals surface area contributed by atoms with Crippen molar-refractivity contribution in [1.82, 2.24) is 0 Å². The number of hydrogen-bond acceptors (Lipinski definition) is 20. The number of methoxy groups -OCH3 is 1. The Kier molecular flexibility index (Phi) is 21.3. The van der Waals surface area contributed by atoms with E-state index in [-0.39, 0.29) is 33.0 Å². The van der Waals surface area contributed by atoms with E-state index in [0.29, 0.717) is 79.1 Å². The Balaban J connectivity index is 0.000000231. The summed E-state index contributed by atoms with van der Waals surface area (Å²) >= 11 is 3.66. The highest BCUT2D eigenvalue weighted by atomic mass is 32.2. The number of para-hydroxylation sites is 1. The van der Waals surface area contributed by atoms with Crippen LogP contribution < -0.4 is 43.6 Å². The zero-order valence-corrected chi connectivity index (χ0v) is 57.0. The van der Waals surface area contributed by atoms with Gasteiger partial charge < -0.3 is 32.9 Å². The van der Waals surface area contributed by atoms with Gasteiger partial charge in [-0.2, -0.15) is 8.42 Å². The number of hydrogen-bond donors (Lipinski definition) is 2. The highest BCUT2D eigenvalue weighted by Crippen LogP contribution is 2.55. The Labute approximate surface area is 567 Å². The van der Waals surface area contributed by atoms with Gasteiger partial charge in [-0.25, -0.2) is 22.1 Å². The summed E-state index contributed by atoms with van der Waals surface area (Å²) in [4.78, 5) is 1.98. The van der Waals surface area contributed by atoms with Crippen LogP contribution in [0, 0.1) is 13.8 Å². The lowest BCUT2D eigenvalue weighted by atomic mass is 10.0. The maximum atomic E-state index is 14.5. The van der Waals surface area contributed by atoms with E-state index in [9.17, 15) is 34.4 Å². The molecule has 1 unspecified atom stereocenters. The van der Waals surface area contributed by atoms with Gasteiger partial charge >= 0.3 is 7.37 Å². The lowest BCUT2D eigenvalue weighted by molar-refractivity contribution is -0.432. The van der Waals surface area contributed by atoms with E-state index in [0.717, 1.165) is 49.6 Å². The average Bonchev–Trinajstić information content (AvgIpc) is 0.732. The van der Waals surface area contributed by atoms with Crippen LogP contribution in [0.15, 0.2) is 293 Å². The fourth-order valence-corrected chi connectivity index (χ4v) is 17.2. The molecule has 0 bridgehead atoms. The minimum absolute atomic E-state index is 0.00889. The van der Waals surface area contributed by atoms with Gasteiger partial charge in [0.15, 0.2) is 0 Å². The predicted molar refractivity (Wildman–Crippen MR) is 367 cm³/mol. The summed E-state index contributed by atoms with van der Waals surface area (Å²) in [6, 6.07) is 69.2. The maximum Gasteiger partial charge on any atom is 0.311 e. The van der Waals surface area contributed by atoms with E-state index in [2.05, 4.69) is 9.37 Å². The van der Waals surface area contributed by atoms with Crippen LogP contribution in [-0.2, 0) is 43.7 Å². The zero-order chi connectivity index (χ0) is 67.6. The van der Waals surface area contributed by atoms with Gasteiger partial charge in [0.2, 0.25) is 26.5 Å². The fourth-order valence-electron chi connectivity index (χ4n) is 9.69. The molecule has 0 amide bonds. The molecule has 490 valence electrons. The molecule has 12 rings (SSSR count). The van der Waals surface area contributed by atoms with Crippen molar-refractivity contribution in [2.45, 2.75) is 57.9 Å². The van der Waals surface area contributed by atoms with Crippen molar-refractivity contribution in [3.05, 3.63) is 260 Å². The summed E-state index contributed by atoms with van der Waals surface area (Å²) in [6.07, 6.45) is 2.03. The van der Waals surface area contributed by atoms with Crippen LogP contribution >= 0.6 is 42.9 Å². The zero-order valence-electron chi connectivity index (χ0n) is 51.2. The third kappa shape index (κ3) is 16.1. The van der Waals surface area contributed by atoms with Gasteiger partial charge in [0.25, 0.3) is 10.1 Å². The van der Waals surface area contributed by atoms with Crippen LogP contribution in [0.5, 0.6) is 57.5 Å². The summed E-state index contributed by atoms with van der Waals surface area (Å²) < 4.78 is 148. The molecule has 0 saturated carbocycles. The summed E-state index contributed by atoms with van der Waals surface area (Å²) in [7, 11) is -15.0. The second kappa shape index (κ2) is 30.0. The average molecular weight is 1420 g/mol. The molecular formula is C71H57O18PS6. The lowest BCUT2D eigenvalue weighted by Crippen LogP contribution is -2.26. The molecule has 0 radical (unpaired) electrons. The Bertz CT molecular complexity index is 4990. The van der Waals surface area contributed by atoms with Crippen LogP contribution in [0.1, 0.15) is 11.1 Å². The molecule has 1 aliphatic rings. The number of sulfone groups is 2. The monoisotopic (exact) mass is 1420 g/mol. The third-order valence-corrected chi connectivity index (χ3v) is 24.0. The molecule has 11 aromatic carbocycles. The van der Waals surface area contributed by atoms with Crippen LogP contribution in [0.3, 0.4) is 0 Å². The molecule has 2 N–H and O–H groups in total. The van der Waals surface area contributed by atoms with Crippen molar-refractivity contribution in [1.29, 1.82) is 0 Å². The summed E-state index contributed by atoms with van der Waals surface area (Å²) in [5.74, 6) is 4.30. The van der Waals surface area contributed by atoms with Crippen molar-refractivity contribution in [3.63, 3.8) is 0 Å². The molecule has 96 heavy (non-hydrogen) atoms. The Hall–Kier alpha value is -9.01. The predicted octanol–water partition coefficient (Wildman–Crippen LogP) is 17.3. The van der Waals surface area contributed by atoms with Crippen molar-refractivity contribution in [2.75, 3.05) is 20.2 Å². The Morgan fingerprint density at radius 2 is 0.938 bits per heavy atom. The van der Waals surface area contributed by atoms with E-state index in [4.69, 9.17) is 38.2 Å². The van der Waals surface area contributed by atoms with E-state index >= 15 is 0 Å². The van der Waals surface area contributed by atoms with Gasteiger partial charge in [-0.15, -0.1) is 16.1 Å². The second-order valence-corrected chi connectivity index (χ2v) is 31.2. The van der Waals surface area contributed by atoms with Gasteiger partial charge in [0, 0.05) is 25.1 Å². The van der Waals surface area contributed by atoms with Crippen LogP contribution in [0.25, 0.3) is 11.1 Å². The van der Waals surface area contributed by atoms with Gasteiger partial charge in [-0.05, 0) is 225 Å². The molecule has 0 aliphatic carbocycles. The summed E-state index contributed by atoms with van der Waals surface area (Å²) in [5, 5.41) is 13.2. The first-order chi connectivity index (χ1) is 46.2. The molecule has 25 heteroatoms. The van der Waals surface area contributed by atoms with Gasteiger partial charge in [0.05, 0.1) is 49.3 Å². The number of rotatable bonds is 23.